The van der Waals surface area contributed by atoms with Gasteiger partial charge in [-0.3, -0.25) is 4.79 Å². The van der Waals surface area contributed by atoms with Crippen LogP contribution in [0.4, 0.5) is 4.39 Å². The molecule has 0 saturated carbocycles. The van der Waals surface area contributed by atoms with Crippen molar-refractivity contribution in [2.45, 2.75) is 72.2 Å². The quantitative estimate of drug-likeness (QED) is 0.338. The fourth-order valence-electron chi connectivity index (χ4n) is 4.20. The number of hydrogen-bond acceptors (Lipinski definition) is 4. The first-order chi connectivity index (χ1) is 16.4. The second kappa shape index (κ2) is 10.8. The van der Waals surface area contributed by atoms with E-state index in [1.807, 2.05) is 23.6 Å². The van der Waals surface area contributed by atoms with Gasteiger partial charge < -0.3 is 15.0 Å². The Morgan fingerprint density at radius 3 is 2.51 bits per heavy atom. The molecule has 2 aromatic carbocycles. The summed E-state index contributed by atoms with van der Waals surface area (Å²) >= 11 is 4.48. The van der Waals surface area contributed by atoms with Gasteiger partial charge in [0.05, 0.1) is 21.8 Å². The van der Waals surface area contributed by atoms with E-state index >= 15 is 0 Å². The zero-order chi connectivity index (χ0) is 25.9. The Kier molecular flexibility index (Phi) is 8.26. The number of carbonyl (C=O) groups is 2. The molecule has 35 heavy (non-hydrogen) atoms. The first-order valence-corrected chi connectivity index (χ1v) is 12.4. The highest BCUT2D eigenvalue weighted by molar-refractivity contribution is 7.81. The third-order valence-corrected chi connectivity index (χ3v) is 6.25. The van der Waals surface area contributed by atoms with Gasteiger partial charge in [0.2, 0.25) is 5.91 Å². The minimum absolute atomic E-state index is 0.00355. The molecule has 1 heterocycles. The lowest BCUT2D eigenvalue weighted by Crippen LogP contribution is -2.33. The van der Waals surface area contributed by atoms with E-state index in [1.165, 1.54) is 12.1 Å². The fourth-order valence-corrected chi connectivity index (χ4v) is 4.84. The molecule has 3 aromatic rings. The van der Waals surface area contributed by atoms with Crippen LogP contribution in [0.1, 0.15) is 73.4 Å². The van der Waals surface area contributed by atoms with Crippen LogP contribution in [0.25, 0.3) is 11.0 Å². The molecule has 0 fully saturated rings. The second-order valence-corrected chi connectivity index (χ2v) is 10.9. The molecule has 3 rings (SSSR count). The summed E-state index contributed by atoms with van der Waals surface area (Å²) in [5.74, 6) is -1.26. The van der Waals surface area contributed by atoms with Gasteiger partial charge in [0.15, 0.2) is 0 Å². The van der Waals surface area contributed by atoms with Crippen molar-refractivity contribution in [2.24, 2.45) is 5.41 Å². The van der Waals surface area contributed by atoms with E-state index in [0.717, 1.165) is 40.8 Å². The Hall–Kier alpha value is -2.87. The summed E-state index contributed by atoms with van der Waals surface area (Å²) < 4.78 is 16.4. The van der Waals surface area contributed by atoms with E-state index in [9.17, 15) is 14.0 Å². The van der Waals surface area contributed by atoms with Gasteiger partial charge in [-0.25, -0.2) is 14.2 Å². The highest BCUT2D eigenvalue weighted by Crippen LogP contribution is 2.26. The van der Waals surface area contributed by atoms with E-state index in [0.29, 0.717) is 25.1 Å². The first-order valence-electron chi connectivity index (χ1n) is 11.9. The van der Waals surface area contributed by atoms with Crippen LogP contribution in [0, 0.1) is 18.2 Å². The topological polar surface area (TPSA) is 84.2 Å². The van der Waals surface area contributed by atoms with E-state index in [-0.39, 0.29) is 22.1 Å². The van der Waals surface area contributed by atoms with Crippen LogP contribution in [0.5, 0.6) is 0 Å². The standard InChI is InChI=1S/C27H34FN3O3S/c1-6-7-23-30-24-16(2)10-18(14-29-25(32)22(35)13-27(3,4)5)12-21(24)31(23)15-17-8-9-19(26(33)34)20(28)11-17/h8-12,22,35H,6-7,13-15H2,1-5H3,(H,29,32)(H,33,34)/t22-/m0/s1. The normalized spacial score (nSPS) is 12.7. The average molecular weight is 500 g/mol. The molecule has 0 bridgehead atoms. The van der Waals surface area contributed by atoms with E-state index in [2.05, 4.69) is 45.6 Å². The smallest absolute Gasteiger partial charge is 0.338 e. The Labute approximate surface area is 211 Å². The molecular weight excluding hydrogens is 465 g/mol. The number of nitrogens with one attached hydrogen (secondary N) is 1. The van der Waals surface area contributed by atoms with Crippen molar-refractivity contribution < 1.29 is 19.1 Å². The molecule has 1 amide bonds. The monoisotopic (exact) mass is 499 g/mol. The maximum Gasteiger partial charge on any atom is 0.338 e. The minimum atomic E-state index is -1.29. The van der Waals surface area contributed by atoms with Crippen LogP contribution >= 0.6 is 12.6 Å². The zero-order valence-corrected chi connectivity index (χ0v) is 21.9. The van der Waals surface area contributed by atoms with Crippen LogP contribution in [0.15, 0.2) is 30.3 Å². The molecule has 6 nitrogen and oxygen atoms in total. The van der Waals surface area contributed by atoms with Crippen LogP contribution in [0.3, 0.4) is 0 Å². The van der Waals surface area contributed by atoms with Crippen molar-refractivity contribution in [2.75, 3.05) is 0 Å². The van der Waals surface area contributed by atoms with E-state index in [4.69, 9.17) is 10.1 Å². The molecule has 0 unspecified atom stereocenters. The number of aromatic nitrogens is 2. The molecule has 0 spiro atoms. The molecule has 188 valence electrons. The maximum atomic E-state index is 14.3. The SMILES string of the molecule is CCCc1nc2c(C)cc(CNC(=O)[C@@H](S)CC(C)(C)C)cc2n1Cc1ccc(C(=O)O)c(F)c1. The Balaban J connectivity index is 1.91. The zero-order valence-electron chi connectivity index (χ0n) is 21.0. The van der Waals surface area contributed by atoms with E-state index < -0.39 is 11.8 Å². The molecule has 0 aliphatic carbocycles. The predicted octanol–water partition coefficient (Wildman–Crippen LogP) is 5.53. The Bertz CT molecular complexity index is 1250. The van der Waals surface area contributed by atoms with Crippen molar-refractivity contribution in [1.82, 2.24) is 14.9 Å². The summed E-state index contributed by atoms with van der Waals surface area (Å²) in [4.78, 5) is 28.6. The molecular formula is C27H34FN3O3S. The van der Waals surface area contributed by atoms with Crippen molar-refractivity contribution in [3.05, 3.63) is 64.2 Å². The number of rotatable bonds is 9. The van der Waals surface area contributed by atoms with Crippen molar-refractivity contribution >= 4 is 35.5 Å². The predicted molar refractivity (Wildman–Crippen MR) is 140 cm³/mol. The van der Waals surface area contributed by atoms with Gasteiger partial charge in [-0.2, -0.15) is 12.6 Å². The van der Waals surface area contributed by atoms with Crippen LogP contribution in [-0.4, -0.2) is 31.8 Å². The minimum Gasteiger partial charge on any atom is -0.478 e. The molecule has 0 aliphatic heterocycles. The number of carbonyl (C=O) groups excluding carboxylic acids is 1. The third kappa shape index (κ3) is 6.63. The molecule has 0 saturated heterocycles. The average Bonchev–Trinajstić information content (AvgIpc) is 3.08. The number of aromatic carboxylic acids is 1. The lowest BCUT2D eigenvalue weighted by Gasteiger charge is -2.22. The summed E-state index contributed by atoms with van der Waals surface area (Å²) in [5, 5.41) is 11.7. The molecule has 8 heteroatoms. The maximum absolute atomic E-state index is 14.3. The molecule has 1 atom stereocenters. The number of nitrogens with zero attached hydrogens (tertiary/aromatic N) is 2. The van der Waals surface area contributed by atoms with Crippen LogP contribution in [-0.2, 0) is 24.3 Å². The molecule has 2 N–H and O–H groups in total. The lowest BCUT2D eigenvalue weighted by atomic mass is 9.90. The van der Waals surface area contributed by atoms with Gasteiger partial charge in [-0.05, 0) is 60.1 Å². The lowest BCUT2D eigenvalue weighted by molar-refractivity contribution is -0.121. The number of benzene rings is 2. The molecule has 0 aliphatic rings. The highest BCUT2D eigenvalue weighted by Gasteiger charge is 2.22. The third-order valence-electron chi connectivity index (χ3n) is 5.84. The number of carboxylic acids is 1. The number of thiol groups is 1. The van der Waals surface area contributed by atoms with Crippen LogP contribution in [0.2, 0.25) is 0 Å². The molecule has 0 radical (unpaired) electrons. The number of aryl methyl sites for hydroxylation is 2. The van der Waals surface area contributed by atoms with Gasteiger partial charge in [-0.15, -0.1) is 0 Å². The summed E-state index contributed by atoms with van der Waals surface area (Å²) in [7, 11) is 0. The molecule has 1 aromatic heterocycles. The van der Waals surface area contributed by atoms with Crippen molar-refractivity contribution in [3.8, 4) is 0 Å². The second-order valence-electron chi connectivity index (χ2n) is 10.3. The first kappa shape index (κ1) is 26.7. The van der Waals surface area contributed by atoms with Gasteiger partial charge in [-0.1, -0.05) is 39.8 Å². The Morgan fingerprint density at radius 2 is 1.91 bits per heavy atom. The number of fused-ring (bicyclic) bond motifs is 1. The van der Waals surface area contributed by atoms with Crippen molar-refractivity contribution in [1.29, 1.82) is 0 Å². The van der Waals surface area contributed by atoms with Crippen LogP contribution < -0.4 is 5.32 Å². The fraction of sp³-hybridized carbons (Fsp3) is 0.444. The number of amides is 1. The van der Waals surface area contributed by atoms with Gasteiger partial charge in [0.25, 0.3) is 0 Å². The number of carboxylic acid groups (broad SMARTS) is 1. The summed E-state index contributed by atoms with van der Waals surface area (Å²) in [6.07, 6.45) is 2.32. The van der Waals surface area contributed by atoms with Gasteiger partial charge >= 0.3 is 5.97 Å². The summed E-state index contributed by atoms with van der Waals surface area (Å²) in [6.45, 7) is 11.0. The number of imidazole rings is 1. The highest BCUT2D eigenvalue weighted by atomic mass is 32.1. The van der Waals surface area contributed by atoms with Gasteiger partial charge in [0.1, 0.15) is 11.6 Å². The number of halogens is 1. The summed E-state index contributed by atoms with van der Waals surface area (Å²) in [5.41, 5.74) is 4.01. The number of hydrogen-bond donors (Lipinski definition) is 3. The van der Waals surface area contributed by atoms with Crippen molar-refractivity contribution in [3.63, 3.8) is 0 Å². The van der Waals surface area contributed by atoms with Gasteiger partial charge in [0, 0.05) is 19.5 Å². The largest absolute Gasteiger partial charge is 0.478 e. The summed E-state index contributed by atoms with van der Waals surface area (Å²) in [6, 6.07) is 8.22. The van der Waals surface area contributed by atoms with E-state index in [1.54, 1.807) is 6.07 Å². The Morgan fingerprint density at radius 1 is 1.20 bits per heavy atom.